The van der Waals surface area contributed by atoms with Crippen molar-refractivity contribution in [3.05, 3.63) is 60.2 Å². The Labute approximate surface area is 143 Å². The number of hydrogen-bond acceptors (Lipinski definition) is 4. The minimum atomic E-state index is -0.115. The van der Waals surface area contributed by atoms with Gasteiger partial charge < -0.3 is 4.74 Å². The van der Waals surface area contributed by atoms with E-state index in [2.05, 4.69) is 44.0 Å². The first-order valence-electron chi connectivity index (χ1n) is 7.72. The summed E-state index contributed by atoms with van der Waals surface area (Å²) < 4.78 is 5.47. The van der Waals surface area contributed by atoms with Gasteiger partial charge in [-0.25, -0.2) is 9.97 Å². The predicted molar refractivity (Wildman–Crippen MR) is 102 cm³/mol. The molecule has 0 fully saturated rings. The van der Waals surface area contributed by atoms with Crippen molar-refractivity contribution in [2.45, 2.75) is 26.2 Å². The number of para-hydroxylation sites is 1. The summed E-state index contributed by atoms with van der Waals surface area (Å²) in [5.74, 6) is 1.36. The van der Waals surface area contributed by atoms with E-state index < -0.39 is 0 Å². The lowest BCUT2D eigenvalue weighted by Crippen LogP contribution is -2.15. The summed E-state index contributed by atoms with van der Waals surface area (Å²) in [5.41, 5.74) is 2.52. The Balaban J connectivity index is 2.68. The Morgan fingerprint density at radius 2 is 2.00 bits per heavy atom. The third-order valence-corrected chi connectivity index (χ3v) is 3.54. The number of allylic oxidation sites excluding steroid dienone is 3. The molecule has 0 aliphatic heterocycles. The lowest BCUT2D eigenvalue weighted by atomic mass is 9.89. The van der Waals surface area contributed by atoms with Gasteiger partial charge in [0.1, 0.15) is 11.3 Å². The maximum absolute atomic E-state index is 5.47. The van der Waals surface area contributed by atoms with Crippen molar-refractivity contribution in [1.82, 2.24) is 9.97 Å². The summed E-state index contributed by atoms with van der Waals surface area (Å²) in [6.07, 6.45) is 7.05. The maximum atomic E-state index is 5.47. The van der Waals surface area contributed by atoms with Crippen molar-refractivity contribution < 1.29 is 4.74 Å². The Morgan fingerprint density at radius 3 is 2.58 bits per heavy atom. The number of ether oxygens (including phenoxy) is 1. The molecule has 124 valence electrons. The zero-order valence-electron chi connectivity index (χ0n) is 14.7. The Kier molecular flexibility index (Phi) is 5.29. The first kappa shape index (κ1) is 17.6. The van der Waals surface area contributed by atoms with Gasteiger partial charge in [0.25, 0.3) is 0 Å². The van der Waals surface area contributed by atoms with Crippen molar-refractivity contribution in [1.29, 1.82) is 0 Å². The Morgan fingerprint density at radius 1 is 1.25 bits per heavy atom. The van der Waals surface area contributed by atoms with Gasteiger partial charge in [0.05, 0.1) is 12.8 Å². The van der Waals surface area contributed by atoms with Gasteiger partial charge in [0, 0.05) is 17.0 Å². The molecule has 0 radical (unpaired) electrons. The maximum Gasteiger partial charge on any atom is 0.153 e. The zero-order valence-corrected chi connectivity index (χ0v) is 14.7. The van der Waals surface area contributed by atoms with Crippen molar-refractivity contribution >= 4 is 23.7 Å². The first-order valence-corrected chi connectivity index (χ1v) is 7.72. The van der Waals surface area contributed by atoms with Gasteiger partial charge in [-0.2, -0.15) is 0 Å². The van der Waals surface area contributed by atoms with E-state index in [0.29, 0.717) is 5.82 Å². The Hall–Kier alpha value is -2.75. The molecule has 0 saturated heterocycles. The van der Waals surface area contributed by atoms with Gasteiger partial charge in [-0.15, -0.1) is 0 Å². The van der Waals surface area contributed by atoms with E-state index in [1.54, 1.807) is 19.4 Å². The first-order chi connectivity index (χ1) is 11.4. The van der Waals surface area contributed by atoms with Crippen LogP contribution in [0.2, 0.25) is 0 Å². The molecule has 0 aliphatic rings. The zero-order chi connectivity index (χ0) is 17.7. The van der Waals surface area contributed by atoms with Gasteiger partial charge in [0.15, 0.2) is 5.82 Å². The smallest absolute Gasteiger partial charge is 0.153 e. The van der Waals surface area contributed by atoms with Gasteiger partial charge >= 0.3 is 0 Å². The second-order valence-corrected chi connectivity index (χ2v) is 6.39. The summed E-state index contributed by atoms with van der Waals surface area (Å²) in [7, 11) is 1.65. The molecule has 0 amide bonds. The third-order valence-electron chi connectivity index (χ3n) is 3.54. The van der Waals surface area contributed by atoms with Gasteiger partial charge in [-0.1, -0.05) is 45.6 Å². The van der Waals surface area contributed by atoms with Crippen molar-refractivity contribution in [3.8, 4) is 5.75 Å². The lowest BCUT2D eigenvalue weighted by molar-refractivity contribution is 0.418. The minimum absolute atomic E-state index is 0.115. The van der Waals surface area contributed by atoms with E-state index in [0.717, 1.165) is 27.9 Å². The van der Waals surface area contributed by atoms with Crippen LogP contribution >= 0.6 is 0 Å². The molecule has 1 heterocycles. The van der Waals surface area contributed by atoms with Crippen LogP contribution in [0.15, 0.2) is 53.7 Å². The highest BCUT2D eigenvalue weighted by Crippen LogP contribution is 2.32. The van der Waals surface area contributed by atoms with E-state index in [-0.39, 0.29) is 5.41 Å². The molecule has 24 heavy (non-hydrogen) atoms. The van der Waals surface area contributed by atoms with E-state index in [1.165, 1.54) is 0 Å². The lowest BCUT2D eigenvalue weighted by Gasteiger charge is -2.20. The highest BCUT2D eigenvalue weighted by atomic mass is 16.5. The van der Waals surface area contributed by atoms with Crippen LogP contribution in [0.3, 0.4) is 0 Å². The molecule has 0 spiro atoms. The number of benzene rings is 1. The molecular formula is C20H23N3O. The van der Waals surface area contributed by atoms with E-state index in [4.69, 9.17) is 9.72 Å². The highest BCUT2D eigenvalue weighted by molar-refractivity contribution is 5.87. The fourth-order valence-corrected chi connectivity index (χ4v) is 2.39. The standard InChI is InChI=1S/C20H23N3O/c1-7-14(13-21-5)11-12-17-22-18-15(9-8-10-16(18)24-6)19(23-17)20(2,3)4/h7-13H,1,5H2,2-4,6H3/b12-11+,14-13+. The van der Waals surface area contributed by atoms with Crippen LogP contribution in [0.1, 0.15) is 32.3 Å². The molecule has 2 aromatic rings. The van der Waals surface area contributed by atoms with Crippen LogP contribution in [0.4, 0.5) is 0 Å². The van der Waals surface area contributed by atoms with Crippen LogP contribution in [-0.4, -0.2) is 23.8 Å². The molecule has 1 aromatic carbocycles. The van der Waals surface area contributed by atoms with Gasteiger partial charge in [-0.05, 0) is 30.5 Å². The largest absolute Gasteiger partial charge is 0.494 e. The summed E-state index contributed by atoms with van der Waals surface area (Å²) in [6.45, 7) is 13.6. The fraction of sp³-hybridized carbons (Fsp3) is 0.250. The second kappa shape index (κ2) is 7.21. The molecule has 0 bridgehead atoms. The van der Waals surface area contributed by atoms with Crippen LogP contribution in [-0.2, 0) is 5.41 Å². The van der Waals surface area contributed by atoms with E-state index in [9.17, 15) is 0 Å². The van der Waals surface area contributed by atoms with Crippen molar-refractivity contribution in [2.75, 3.05) is 7.11 Å². The average Bonchev–Trinajstić information content (AvgIpc) is 2.56. The van der Waals surface area contributed by atoms with Crippen LogP contribution in [0.25, 0.3) is 17.0 Å². The summed E-state index contributed by atoms with van der Waals surface area (Å²) in [5, 5.41) is 1.01. The summed E-state index contributed by atoms with van der Waals surface area (Å²) >= 11 is 0. The highest BCUT2D eigenvalue weighted by Gasteiger charge is 2.21. The van der Waals surface area contributed by atoms with E-state index >= 15 is 0 Å². The summed E-state index contributed by atoms with van der Waals surface area (Å²) in [6, 6.07) is 5.90. The molecular weight excluding hydrogens is 298 g/mol. The molecule has 0 aliphatic carbocycles. The fourth-order valence-electron chi connectivity index (χ4n) is 2.39. The van der Waals surface area contributed by atoms with Gasteiger partial charge in [0.2, 0.25) is 0 Å². The number of hydrogen-bond donors (Lipinski definition) is 0. The molecule has 0 unspecified atom stereocenters. The van der Waals surface area contributed by atoms with Crippen LogP contribution in [0, 0.1) is 0 Å². The molecule has 2 rings (SSSR count). The molecule has 4 heteroatoms. The third kappa shape index (κ3) is 3.77. The van der Waals surface area contributed by atoms with Crippen molar-refractivity contribution in [3.63, 3.8) is 0 Å². The van der Waals surface area contributed by atoms with Crippen LogP contribution in [0.5, 0.6) is 5.75 Å². The minimum Gasteiger partial charge on any atom is -0.494 e. The molecule has 0 atom stereocenters. The molecule has 0 saturated carbocycles. The number of aromatic nitrogens is 2. The van der Waals surface area contributed by atoms with Crippen LogP contribution < -0.4 is 4.74 Å². The predicted octanol–water partition coefficient (Wildman–Crippen LogP) is 4.72. The number of methoxy groups -OCH3 is 1. The van der Waals surface area contributed by atoms with E-state index in [1.807, 2.05) is 30.4 Å². The SMILES string of the molecule is C=CC(/C=C/c1nc(C(C)(C)C)c2cccc(OC)c2n1)=C\N=C. The monoisotopic (exact) mass is 321 g/mol. The summed E-state index contributed by atoms with van der Waals surface area (Å²) in [4.78, 5) is 13.2. The normalized spacial score (nSPS) is 12.6. The molecule has 4 nitrogen and oxygen atoms in total. The molecule has 0 N–H and O–H groups in total. The number of rotatable bonds is 5. The van der Waals surface area contributed by atoms with Gasteiger partial charge in [-0.3, -0.25) is 4.99 Å². The molecule has 1 aromatic heterocycles. The average molecular weight is 321 g/mol. The Bertz CT molecular complexity index is 827. The number of nitrogens with zero attached hydrogens (tertiary/aromatic N) is 3. The quantitative estimate of drug-likeness (QED) is 0.591. The second-order valence-electron chi connectivity index (χ2n) is 6.39. The number of aliphatic imine (C=N–C) groups is 1. The number of fused-ring (bicyclic) bond motifs is 1. The topological polar surface area (TPSA) is 47.4 Å². The van der Waals surface area contributed by atoms with Crippen molar-refractivity contribution in [2.24, 2.45) is 4.99 Å².